The fourth-order valence-electron chi connectivity index (χ4n) is 1.05. The molecular weight excluding hydrogens is 244 g/mol. The summed E-state index contributed by atoms with van der Waals surface area (Å²) in [5, 5.41) is 20.8. The molecule has 0 aliphatic rings. The van der Waals surface area contributed by atoms with E-state index in [2.05, 4.69) is 0 Å². The number of hydrogen-bond donors (Lipinski definition) is 4. The Kier molecular flexibility index (Phi) is 3.98. The van der Waals surface area contributed by atoms with Gasteiger partial charge in [0.2, 0.25) is 0 Å². The van der Waals surface area contributed by atoms with E-state index in [-0.39, 0.29) is 11.4 Å². The number of benzene rings is 1. The molecule has 0 bridgehead atoms. The molecule has 0 heterocycles. The van der Waals surface area contributed by atoms with Crippen LogP contribution in [0.2, 0.25) is 0 Å². The molecule has 0 aromatic heterocycles. The Morgan fingerprint density at radius 3 is 1.39 bits per heavy atom. The Balaban J connectivity index is 2.93. The Morgan fingerprint density at radius 2 is 1.11 bits per heavy atom. The van der Waals surface area contributed by atoms with Crippen LogP contribution in [-0.2, 0) is 19.2 Å². The van der Waals surface area contributed by atoms with E-state index >= 15 is 0 Å². The zero-order valence-electron chi connectivity index (χ0n) is 8.84. The lowest BCUT2D eigenvalue weighted by atomic mass is 10.2. The van der Waals surface area contributed by atoms with Gasteiger partial charge in [0, 0.05) is 0 Å². The topological polar surface area (TPSA) is 133 Å². The van der Waals surface area contributed by atoms with Crippen molar-refractivity contribution in [3.63, 3.8) is 0 Å². The zero-order chi connectivity index (χ0) is 13.7. The molecule has 8 heteroatoms. The zero-order valence-corrected chi connectivity index (χ0v) is 8.84. The van der Waals surface area contributed by atoms with Gasteiger partial charge in [0.1, 0.15) is 0 Å². The van der Waals surface area contributed by atoms with Crippen molar-refractivity contribution in [3.05, 3.63) is 24.3 Å². The Hall–Kier alpha value is -2.90. The highest BCUT2D eigenvalue weighted by Gasteiger charge is 2.16. The van der Waals surface area contributed by atoms with Gasteiger partial charge in [-0.05, 0) is 12.1 Å². The van der Waals surface area contributed by atoms with Crippen LogP contribution < -0.4 is 10.6 Å². The summed E-state index contributed by atoms with van der Waals surface area (Å²) in [6.07, 6.45) is 0. The van der Waals surface area contributed by atoms with Crippen LogP contribution in [-0.4, -0.2) is 34.0 Å². The SMILES string of the molecule is O=C(O)C(=O)Nc1ccccc1NC(=O)C(=O)O. The number of nitrogens with one attached hydrogen (secondary N) is 2. The Morgan fingerprint density at radius 1 is 0.778 bits per heavy atom. The van der Waals surface area contributed by atoms with E-state index in [0.717, 1.165) is 0 Å². The third-order valence-electron chi connectivity index (χ3n) is 1.81. The van der Waals surface area contributed by atoms with E-state index in [1.807, 2.05) is 10.6 Å². The van der Waals surface area contributed by atoms with Gasteiger partial charge >= 0.3 is 23.8 Å². The summed E-state index contributed by atoms with van der Waals surface area (Å²) in [6, 6.07) is 5.60. The van der Waals surface area contributed by atoms with Crippen molar-refractivity contribution < 1.29 is 29.4 Å². The summed E-state index contributed by atoms with van der Waals surface area (Å²) < 4.78 is 0. The first-order valence-corrected chi connectivity index (χ1v) is 4.59. The maximum absolute atomic E-state index is 10.9. The molecule has 0 saturated heterocycles. The lowest BCUT2D eigenvalue weighted by Gasteiger charge is -2.09. The molecule has 0 spiro atoms. The fraction of sp³-hybridized carbons (Fsp3) is 0. The summed E-state index contributed by atoms with van der Waals surface area (Å²) in [5.41, 5.74) is -0.0287. The molecular formula is C10H8N2O6. The summed E-state index contributed by atoms with van der Waals surface area (Å²) >= 11 is 0. The van der Waals surface area contributed by atoms with Crippen molar-refractivity contribution in [2.24, 2.45) is 0 Å². The second kappa shape index (κ2) is 5.43. The number of rotatable bonds is 2. The van der Waals surface area contributed by atoms with Crippen LogP contribution in [0, 0.1) is 0 Å². The van der Waals surface area contributed by atoms with Crippen LogP contribution >= 0.6 is 0 Å². The number of para-hydroxylation sites is 2. The van der Waals surface area contributed by atoms with Gasteiger partial charge in [-0.3, -0.25) is 9.59 Å². The highest BCUT2D eigenvalue weighted by Crippen LogP contribution is 2.20. The number of anilines is 2. The molecule has 0 saturated carbocycles. The Bertz CT molecular complexity index is 478. The van der Waals surface area contributed by atoms with Crippen molar-refractivity contribution in [2.45, 2.75) is 0 Å². The van der Waals surface area contributed by atoms with Gasteiger partial charge in [-0.25, -0.2) is 9.59 Å². The number of aliphatic carboxylic acids is 2. The van der Waals surface area contributed by atoms with E-state index in [1.54, 1.807) is 0 Å². The van der Waals surface area contributed by atoms with Gasteiger partial charge in [0.25, 0.3) is 0 Å². The first-order valence-electron chi connectivity index (χ1n) is 4.59. The van der Waals surface area contributed by atoms with Crippen molar-refractivity contribution in [3.8, 4) is 0 Å². The maximum atomic E-state index is 10.9. The molecule has 4 N–H and O–H groups in total. The summed E-state index contributed by atoms with van der Waals surface area (Å²) in [6.45, 7) is 0. The molecule has 1 aromatic rings. The molecule has 1 aromatic carbocycles. The van der Waals surface area contributed by atoms with E-state index in [1.165, 1.54) is 24.3 Å². The van der Waals surface area contributed by atoms with Gasteiger partial charge in [0.15, 0.2) is 0 Å². The van der Waals surface area contributed by atoms with Gasteiger partial charge in [0.05, 0.1) is 11.4 Å². The minimum absolute atomic E-state index is 0.0144. The van der Waals surface area contributed by atoms with Crippen LogP contribution in [0.25, 0.3) is 0 Å². The molecule has 0 fully saturated rings. The van der Waals surface area contributed by atoms with Crippen molar-refractivity contribution in [1.82, 2.24) is 0 Å². The van der Waals surface area contributed by atoms with E-state index in [0.29, 0.717) is 0 Å². The molecule has 0 aliphatic heterocycles. The summed E-state index contributed by atoms with van der Waals surface area (Å²) in [5.74, 6) is -6.00. The second-order valence-corrected chi connectivity index (χ2v) is 3.06. The lowest BCUT2D eigenvalue weighted by Crippen LogP contribution is -2.25. The van der Waals surface area contributed by atoms with Crippen LogP contribution in [0.5, 0.6) is 0 Å². The largest absolute Gasteiger partial charge is 0.474 e. The first-order chi connectivity index (χ1) is 8.41. The van der Waals surface area contributed by atoms with Crippen LogP contribution in [0.3, 0.4) is 0 Å². The minimum atomic E-state index is -1.70. The molecule has 94 valence electrons. The molecule has 0 atom stereocenters. The number of carboxylic acid groups (broad SMARTS) is 2. The molecule has 2 amide bonds. The number of carbonyl (C=O) groups is 4. The highest BCUT2D eigenvalue weighted by molar-refractivity contribution is 6.38. The second-order valence-electron chi connectivity index (χ2n) is 3.06. The molecule has 1 rings (SSSR count). The first kappa shape index (κ1) is 13.2. The van der Waals surface area contributed by atoms with Crippen molar-refractivity contribution in [2.75, 3.05) is 10.6 Å². The average molecular weight is 252 g/mol. The van der Waals surface area contributed by atoms with E-state index in [9.17, 15) is 19.2 Å². The fourth-order valence-corrected chi connectivity index (χ4v) is 1.05. The lowest BCUT2D eigenvalue weighted by molar-refractivity contribution is -0.147. The van der Waals surface area contributed by atoms with Gasteiger partial charge in [-0.15, -0.1) is 0 Å². The number of carbonyl (C=O) groups excluding carboxylic acids is 2. The van der Waals surface area contributed by atoms with Gasteiger partial charge in [-0.1, -0.05) is 12.1 Å². The van der Waals surface area contributed by atoms with Crippen molar-refractivity contribution >= 4 is 35.1 Å². The standard InChI is InChI=1S/C10H8N2O6/c13-7(9(15)16)11-5-3-1-2-4-6(5)12-8(14)10(17)18/h1-4H,(H,11,13)(H,12,14)(H,15,16)(H,17,18). The smallest absolute Gasteiger partial charge is 0.394 e. The molecule has 18 heavy (non-hydrogen) atoms. The van der Waals surface area contributed by atoms with E-state index in [4.69, 9.17) is 10.2 Å². The third kappa shape index (κ3) is 3.30. The van der Waals surface area contributed by atoms with Crippen LogP contribution in [0.4, 0.5) is 11.4 Å². The maximum Gasteiger partial charge on any atom is 0.394 e. The predicted octanol–water partition coefficient (Wildman–Crippen LogP) is -0.267. The highest BCUT2D eigenvalue weighted by atomic mass is 16.4. The Labute approximate surface area is 100 Å². The van der Waals surface area contributed by atoms with Crippen molar-refractivity contribution in [1.29, 1.82) is 0 Å². The van der Waals surface area contributed by atoms with Crippen LogP contribution in [0.1, 0.15) is 0 Å². The molecule has 0 aliphatic carbocycles. The predicted molar refractivity (Wildman–Crippen MR) is 59.0 cm³/mol. The monoisotopic (exact) mass is 252 g/mol. The van der Waals surface area contributed by atoms with Gasteiger partial charge < -0.3 is 20.8 Å². The number of carboxylic acids is 2. The normalized spacial score (nSPS) is 9.33. The average Bonchev–Trinajstić information content (AvgIpc) is 2.31. The van der Waals surface area contributed by atoms with Gasteiger partial charge in [-0.2, -0.15) is 0 Å². The molecule has 0 unspecified atom stereocenters. The molecule has 8 nitrogen and oxygen atoms in total. The number of hydrogen-bond acceptors (Lipinski definition) is 4. The molecule has 0 radical (unpaired) electrons. The quantitative estimate of drug-likeness (QED) is 0.535. The summed E-state index contributed by atoms with van der Waals surface area (Å²) in [4.78, 5) is 42.6. The number of amides is 2. The summed E-state index contributed by atoms with van der Waals surface area (Å²) in [7, 11) is 0. The van der Waals surface area contributed by atoms with E-state index < -0.39 is 23.8 Å². The minimum Gasteiger partial charge on any atom is -0.474 e. The van der Waals surface area contributed by atoms with Crippen LogP contribution in [0.15, 0.2) is 24.3 Å². The third-order valence-corrected chi connectivity index (χ3v) is 1.81.